The van der Waals surface area contributed by atoms with Crippen molar-refractivity contribution in [3.63, 3.8) is 0 Å². The third-order valence-electron chi connectivity index (χ3n) is 9.31. The summed E-state index contributed by atoms with van der Waals surface area (Å²) in [7, 11) is 0. The number of carboxylic acid groups (broad SMARTS) is 1. The second kappa shape index (κ2) is 17.1. The van der Waals surface area contributed by atoms with Crippen LogP contribution in [-0.4, -0.2) is 50.4 Å². The van der Waals surface area contributed by atoms with Crippen molar-refractivity contribution >= 4 is 52.2 Å². The van der Waals surface area contributed by atoms with E-state index in [9.17, 15) is 34.4 Å². The summed E-state index contributed by atoms with van der Waals surface area (Å²) >= 11 is 0. The molecule has 3 heterocycles. The van der Waals surface area contributed by atoms with Crippen LogP contribution in [0.2, 0.25) is 0 Å². The Labute approximate surface area is 317 Å². The van der Waals surface area contributed by atoms with E-state index >= 15 is 0 Å². The van der Waals surface area contributed by atoms with E-state index < -0.39 is 48.1 Å². The van der Waals surface area contributed by atoms with E-state index in [2.05, 4.69) is 9.47 Å². The highest BCUT2D eigenvalue weighted by atomic mass is 31.2. The summed E-state index contributed by atoms with van der Waals surface area (Å²) < 4.78 is 15.1. The molecule has 0 radical (unpaired) electrons. The molecule has 55 heavy (non-hydrogen) atoms. The standard InChI is InChI=1S/C34H32NO5P.C8H5NO5/c1-2-29-30(23-31(36)37)35(32(29)38)33(34(39)40-24-25-15-7-3-8-16-25)41(26-17-9-4-10-18-26,27-19-11-5-12-20-27)28-21-13-6-14-22-28;10-8-13-6-3-1-5(2-4-6)7(14-8)9(11)12/h3-22,29-30H,2,23-24H2,1H3,(H,36,37);1-4,7H. The molecular formula is C42H37N2O10P. The molecule has 3 aliphatic rings. The highest BCUT2D eigenvalue weighted by Gasteiger charge is 2.53. The quantitative estimate of drug-likeness (QED) is 0.0419. The first-order valence-corrected chi connectivity index (χ1v) is 19.2. The maximum Gasteiger partial charge on any atom is 0.519 e. The van der Waals surface area contributed by atoms with Gasteiger partial charge in [-0.1, -0.05) is 128 Å². The summed E-state index contributed by atoms with van der Waals surface area (Å²) in [6, 6.07) is 43.8. The molecule has 5 aromatic carbocycles. The lowest BCUT2D eigenvalue weighted by Gasteiger charge is -2.49. The Kier molecular flexibility index (Phi) is 11.9. The van der Waals surface area contributed by atoms with Crippen LogP contribution in [0.4, 0.5) is 4.79 Å². The zero-order chi connectivity index (χ0) is 39.0. The minimum absolute atomic E-state index is 0.0182. The van der Waals surface area contributed by atoms with Crippen LogP contribution in [0.3, 0.4) is 0 Å². The number of fused-ring (bicyclic) bond motifs is 5. The lowest BCUT2D eigenvalue weighted by Crippen LogP contribution is -2.66. The molecule has 1 saturated heterocycles. The normalized spacial score (nSPS) is 17.2. The monoisotopic (exact) mass is 760 g/mol. The Hall–Kier alpha value is -6.52. The molecule has 1 amide bonds. The molecule has 12 nitrogen and oxygen atoms in total. The summed E-state index contributed by atoms with van der Waals surface area (Å²) in [5.74, 6) is -2.09. The molecule has 3 atom stereocenters. The van der Waals surface area contributed by atoms with Gasteiger partial charge in [-0.2, -0.15) is 0 Å². The average molecular weight is 761 g/mol. The van der Waals surface area contributed by atoms with Gasteiger partial charge in [-0.3, -0.25) is 19.7 Å². The van der Waals surface area contributed by atoms with E-state index in [1.165, 1.54) is 29.2 Å². The Bertz CT molecular complexity index is 2110. The number of aliphatic carboxylic acids is 1. The maximum absolute atomic E-state index is 14.5. The summed E-state index contributed by atoms with van der Waals surface area (Å²) in [5.41, 5.74) is 1.33. The van der Waals surface area contributed by atoms with Crippen molar-refractivity contribution < 1.29 is 43.4 Å². The molecule has 280 valence electrons. The molecule has 1 N–H and O–H groups in total. The van der Waals surface area contributed by atoms with Crippen LogP contribution in [0.15, 0.2) is 146 Å². The van der Waals surface area contributed by atoms with Gasteiger partial charge in [0.05, 0.1) is 28.9 Å². The number of hydrogen-bond acceptors (Lipinski definition) is 9. The molecule has 3 aliphatic heterocycles. The number of nitro groups is 1. The molecule has 0 spiro atoms. The third-order valence-corrected chi connectivity index (χ3v) is 13.6. The lowest BCUT2D eigenvalue weighted by molar-refractivity contribution is -0.575. The number of carbonyl (C=O) groups is 4. The van der Waals surface area contributed by atoms with E-state index in [0.29, 0.717) is 17.7 Å². The maximum atomic E-state index is 14.5. The van der Waals surface area contributed by atoms with Crippen molar-refractivity contribution in [1.29, 1.82) is 0 Å². The molecule has 0 aliphatic carbocycles. The van der Waals surface area contributed by atoms with Crippen LogP contribution in [0.5, 0.6) is 5.75 Å². The first-order chi connectivity index (χ1) is 26.6. The Balaban J connectivity index is 0.000000307. The van der Waals surface area contributed by atoms with Crippen LogP contribution < -0.4 is 20.7 Å². The fourth-order valence-electron chi connectivity index (χ4n) is 6.82. The Morgan fingerprint density at radius 3 is 1.73 bits per heavy atom. The molecule has 13 heteroatoms. The Morgan fingerprint density at radius 1 is 0.782 bits per heavy atom. The molecule has 8 rings (SSSR count). The number of amides is 1. The number of β-lactam (4-membered cyclic amide) rings is 1. The fraction of sp³-hybridized carbons (Fsp3) is 0.167. The first kappa shape index (κ1) is 38.2. The van der Waals surface area contributed by atoms with Gasteiger partial charge < -0.3 is 24.2 Å². The molecule has 0 saturated carbocycles. The number of esters is 1. The Morgan fingerprint density at radius 2 is 1.27 bits per heavy atom. The van der Waals surface area contributed by atoms with E-state index in [1.54, 1.807) is 0 Å². The number of likely N-dealkylation sites (tertiary alicyclic amines) is 1. The lowest BCUT2D eigenvalue weighted by atomic mass is 9.83. The number of carbonyl (C=O) groups excluding carboxylic acids is 3. The summed E-state index contributed by atoms with van der Waals surface area (Å²) in [5, 5.41) is 23.0. The highest BCUT2D eigenvalue weighted by Crippen LogP contribution is 2.50. The zero-order valence-electron chi connectivity index (χ0n) is 29.7. The van der Waals surface area contributed by atoms with Crippen LogP contribution >= 0.6 is 6.89 Å². The largest absolute Gasteiger partial charge is 0.519 e. The van der Waals surface area contributed by atoms with Gasteiger partial charge in [-0.25, -0.2) is 9.59 Å². The minimum Gasteiger partial charge on any atom is -0.481 e. The summed E-state index contributed by atoms with van der Waals surface area (Å²) in [4.78, 5) is 62.6. The van der Waals surface area contributed by atoms with Crippen molar-refractivity contribution in [2.45, 2.75) is 38.6 Å². The van der Waals surface area contributed by atoms with Gasteiger partial charge in [-0.15, -0.1) is 0 Å². The smallest absolute Gasteiger partial charge is 0.481 e. The number of ether oxygens (including phenoxy) is 3. The van der Waals surface area contributed by atoms with E-state index in [-0.39, 0.29) is 24.4 Å². The molecular weight excluding hydrogens is 723 g/mol. The predicted molar refractivity (Wildman–Crippen MR) is 206 cm³/mol. The van der Waals surface area contributed by atoms with Crippen molar-refractivity contribution in [3.8, 4) is 5.75 Å². The predicted octanol–water partition coefficient (Wildman–Crippen LogP) is 6.06. The highest BCUT2D eigenvalue weighted by molar-refractivity contribution is 7.96. The molecule has 3 unspecified atom stereocenters. The second-order valence-corrected chi connectivity index (χ2v) is 15.9. The minimum atomic E-state index is -3.06. The number of hydrogen-bond donors (Lipinski definition) is 1. The van der Waals surface area contributed by atoms with Crippen molar-refractivity contribution in [1.82, 2.24) is 4.90 Å². The summed E-state index contributed by atoms with van der Waals surface area (Å²) in [6.07, 6.45) is -2.34. The van der Waals surface area contributed by atoms with Gasteiger partial charge in [0.2, 0.25) is 5.91 Å². The second-order valence-electron chi connectivity index (χ2n) is 12.6. The van der Waals surface area contributed by atoms with Crippen molar-refractivity contribution in [2.24, 2.45) is 5.92 Å². The van der Waals surface area contributed by atoms with E-state index in [4.69, 9.17) is 4.74 Å². The van der Waals surface area contributed by atoms with E-state index in [0.717, 1.165) is 21.5 Å². The first-order valence-electron chi connectivity index (χ1n) is 17.5. The number of nitrogens with zero attached hydrogens (tertiary/aromatic N) is 2. The van der Waals surface area contributed by atoms with Gasteiger partial charge in [0.1, 0.15) is 17.8 Å². The van der Waals surface area contributed by atoms with E-state index in [1.807, 2.05) is 128 Å². The fourth-order valence-corrected chi connectivity index (χ4v) is 11.2. The molecule has 1 fully saturated rings. The van der Waals surface area contributed by atoms with Crippen LogP contribution in [-0.2, 0) is 30.5 Å². The SMILES string of the molecule is CCC1C(=O)N(C(C(=O)OCc2ccccc2)=P(c2ccccc2)(c2ccccc2)c2ccccc2)C1CC(=O)O.O=C1Oc2ccc(cc2)C([N+](=O)[O-])O1. The zero-order valence-corrected chi connectivity index (χ0v) is 30.6. The van der Waals surface area contributed by atoms with Crippen LogP contribution in [0, 0.1) is 16.0 Å². The van der Waals surface area contributed by atoms with Crippen LogP contribution in [0.1, 0.15) is 37.1 Å². The average Bonchev–Trinajstić information content (AvgIpc) is 3.20. The number of benzene rings is 5. The molecule has 0 aromatic heterocycles. The van der Waals surface area contributed by atoms with Crippen LogP contribution in [0.25, 0.3) is 0 Å². The third kappa shape index (κ3) is 8.05. The summed E-state index contributed by atoms with van der Waals surface area (Å²) in [6.45, 7) is -1.17. The van der Waals surface area contributed by atoms with Gasteiger partial charge in [0.15, 0.2) is 0 Å². The molecule has 5 aromatic rings. The van der Waals surface area contributed by atoms with Crippen molar-refractivity contribution in [3.05, 3.63) is 167 Å². The van der Waals surface area contributed by atoms with Gasteiger partial charge >= 0.3 is 24.3 Å². The van der Waals surface area contributed by atoms with Gasteiger partial charge in [-0.05, 0) is 52.2 Å². The number of carboxylic acids is 1. The molecule has 2 bridgehead atoms. The van der Waals surface area contributed by atoms with Gasteiger partial charge in [0, 0.05) is 6.89 Å². The number of rotatable bonds is 11. The van der Waals surface area contributed by atoms with Gasteiger partial charge in [0.25, 0.3) is 0 Å². The topological polar surface area (TPSA) is 163 Å². The van der Waals surface area contributed by atoms with Crippen molar-refractivity contribution in [2.75, 3.05) is 0 Å².